The van der Waals surface area contributed by atoms with Crippen molar-refractivity contribution in [2.24, 2.45) is 0 Å². The molecule has 0 atom stereocenters. The van der Waals surface area contributed by atoms with Crippen LogP contribution in [0.2, 0.25) is 0 Å². The summed E-state index contributed by atoms with van der Waals surface area (Å²) in [6.45, 7) is 9.28. The summed E-state index contributed by atoms with van der Waals surface area (Å²) in [6, 6.07) is 0. The van der Waals surface area contributed by atoms with Gasteiger partial charge in [-0.25, -0.2) is 4.79 Å². The van der Waals surface area contributed by atoms with Crippen molar-refractivity contribution in [3.8, 4) is 0 Å². The molecule has 0 rings (SSSR count). The van der Waals surface area contributed by atoms with E-state index in [1.54, 1.807) is 7.05 Å². The summed E-state index contributed by atoms with van der Waals surface area (Å²) in [4.78, 5) is 24.1. The molecule has 2 amide bonds. The molecular formula is C12H18N2O3. The van der Waals surface area contributed by atoms with E-state index in [0.717, 1.165) is 0 Å². The van der Waals surface area contributed by atoms with Crippen LogP contribution in [0.1, 0.15) is 6.92 Å². The van der Waals surface area contributed by atoms with Crippen LogP contribution in [0.3, 0.4) is 0 Å². The molecule has 5 nitrogen and oxygen atoms in total. The molecule has 0 radical (unpaired) electrons. The molecule has 0 aliphatic rings. The van der Waals surface area contributed by atoms with E-state index in [9.17, 15) is 9.59 Å². The van der Waals surface area contributed by atoms with Gasteiger partial charge in [-0.05, 0) is 19.1 Å². The highest BCUT2D eigenvalue weighted by Gasteiger charge is 2.09. The summed E-state index contributed by atoms with van der Waals surface area (Å²) in [5.41, 5.74) is 0. The standard InChI is InChI=1S/C12H18N2O3/c1-5-8-10(6-2)17-12(16)13-9-11(15)14(4)7-3/h5-6,8H,1-2,7,9H2,3-4H3,(H,13,16). The van der Waals surface area contributed by atoms with Crippen LogP contribution < -0.4 is 5.32 Å². The van der Waals surface area contributed by atoms with Gasteiger partial charge in [0.1, 0.15) is 12.3 Å². The Balaban J connectivity index is 4.11. The summed E-state index contributed by atoms with van der Waals surface area (Å²) in [6.07, 6.45) is 3.64. The van der Waals surface area contributed by atoms with Gasteiger partial charge in [0.05, 0.1) is 0 Å². The first-order valence-electron chi connectivity index (χ1n) is 5.19. The maximum absolute atomic E-state index is 11.4. The normalized spacial score (nSPS) is 10.4. The number of ether oxygens (including phenoxy) is 1. The number of nitrogens with one attached hydrogen (secondary N) is 1. The van der Waals surface area contributed by atoms with Crippen molar-refractivity contribution in [2.75, 3.05) is 20.1 Å². The Morgan fingerprint density at radius 2 is 2.06 bits per heavy atom. The fourth-order valence-electron chi connectivity index (χ4n) is 0.862. The quantitative estimate of drug-likeness (QED) is 0.563. The third-order valence-corrected chi connectivity index (χ3v) is 1.98. The minimum absolute atomic E-state index is 0.0956. The molecule has 5 heteroatoms. The summed E-state index contributed by atoms with van der Waals surface area (Å²) in [5, 5.41) is 2.35. The highest BCUT2D eigenvalue weighted by molar-refractivity contribution is 5.82. The lowest BCUT2D eigenvalue weighted by Gasteiger charge is -2.14. The predicted octanol–water partition coefficient (Wildman–Crippen LogP) is 1.45. The number of hydrogen-bond acceptors (Lipinski definition) is 3. The van der Waals surface area contributed by atoms with Gasteiger partial charge in [-0.2, -0.15) is 0 Å². The molecule has 0 unspecified atom stereocenters. The molecule has 94 valence electrons. The van der Waals surface area contributed by atoms with Gasteiger partial charge in [0.15, 0.2) is 0 Å². The monoisotopic (exact) mass is 238 g/mol. The zero-order valence-corrected chi connectivity index (χ0v) is 10.2. The first-order valence-corrected chi connectivity index (χ1v) is 5.19. The predicted molar refractivity (Wildman–Crippen MR) is 66.3 cm³/mol. The Morgan fingerprint density at radius 3 is 2.53 bits per heavy atom. The molecule has 0 heterocycles. The van der Waals surface area contributed by atoms with Crippen LogP contribution in [0.15, 0.2) is 37.1 Å². The molecule has 0 fully saturated rings. The third-order valence-electron chi connectivity index (χ3n) is 1.98. The second-order valence-corrected chi connectivity index (χ2v) is 3.16. The van der Waals surface area contributed by atoms with Crippen LogP contribution in [0.5, 0.6) is 0 Å². The van der Waals surface area contributed by atoms with Crippen molar-refractivity contribution in [1.82, 2.24) is 10.2 Å². The summed E-state index contributed by atoms with van der Waals surface area (Å²) in [7, 11) is 1.65. The van der Waals surface area contributed by atoms with Crippen LogP contribution in [0.25, 0.3) is 0 Å². The number of rotatable bonds is 6. The highest BCUT2D eigenvalue weighted by Crippen LogP contribution is 1.98. The maximum Gasteiger partial charge on any atom is 0.413 e. The van der Waals surface area contributed by atoms with Crippen LogP contribution in [0.4, 0.5) is 4.79 Å². The van der Waals surface area contributed by atoms with Gasteiger partial charge in [-0.1, -0.05) is 19.2 Å². The summed E-state index contributed by atoms with van der Waals surface area (Å²) < 4.78 is 4.85. The Bertz CT molecular complexity index is 335. The molecule has 0 spiro atoms. The highest BCUT2D eigenvalue weighted by atomic mass is 16.6. The van der Waals surface area contributed by atoms with E-state index in [-0.39, 0.29) is 18.2 Å². The van der Waals surface area contributed by atoms with Gasteiger partial charge in [0, 0.05) is 13.6 Å². The van der Waals surface area contributed by atoms with Gasteiger partial charge in [-0.3, -0.25) is 4.79 Å². The Morgan fingerprint density at radius 1 is 1.41 bits per heavy atom. The smallest absolute Gasteiger partial charge is 0.410 e. The fraction of sp³-hybridized carbons (Fsp3) is 0.333. The molecule has 0 aromatic carbocycles. The van der Waals surface area contributed by atoms with Crippen molar-refractivity contribution in [1.29, 1.82) is 0 Å². The third kappa shape index (κ3) is 6.19. The average molecular weight is 238 g/mol. The average Bonchev–Trinajstić information content (AvgIpc) is 2.34. The largest absolute Gasteiger partial charge is 0.413 e. The Hall–Kier alpha value is -2.04. The first kappa shape index (κ1) is 15.0. The summed E-state index contributed by atoms with van der Waals surface area (Å²) in [5.74, 6) is 0.0890. The number of carbonyl (C=O) groups excluding carboxylic acids is 2. The lowest BCUT2D eigenvalue weighted by molar-refractivity contribution is -0.128. The Labute approximate surface area is 101 Å². The van der Waals surface area contributed by atoms with E-state index < -0.39 is 6.09 Å². The van der Waals surface area contributed by atoms with Crippen molar-refractivity contribution >= 4 is 12.0 Å². The van der Waals surface area contributed by atoms with E-state index in [1.807, 2.05) is 6.92 Å². The van der Waals surface area contributed by atoms with Crippen molar-refractivity contribution in [3.63, 3.8) is 0 Å². The molecule has 0 bridgehead atoms. The van der Waals surface area contributed by atoms with Crippen LogP contribution in [0, 0.1) is 0 Å². The molecule has 17 heavy (non-hydrogen) atoms. The van der Waals surface area contributed by atoms with E-state index in [4.69, 9.17) is 4.74 Å². The number of alkyl carbamates (subject to hydrolysis) is 1. The molecule has 0 aromatic rings. The van der Waals surface area contributed by atoms with Crippen LogP contribution in [-0.4, -0.2) is 37.0 Å². The van der Waals surface area contributed by atoms with E-state index >= 15 is 0 Å². The van der Waals surface area contributed by atoms with Gasteiger partial charge < -0.3 is 15.0 Å². The second kappa shape index (κ2) is 8.15. The molecule has 0 saturated carbocycles. The van der Waals surface area contributed by atoms with E-state index in [0.29, 0.717) is 6.54 Å². The van der Waals surface area contributed by atoms with Crippen molar-refractivity contribution in [3.05, 3.63) is 37.1 Å². The number of allylic oxidation sites excluding steroid dienone is 3. The zero-order chi connectivity index (χ0) is 13.3. The van der Waals surface area contributed by atoms with Crippen molar-refractivity contribution < 1.29 is 14.3 Å². The van der Waals surface area contributed by atoms with Crippen molar-refractivity contribution in [2.45, 2.75) is 6.92 Å². The number of carbonyl (C=O) groups is 2. The van der Waals surface area contributed by atoms with Gasteiger partial charge in [0.2, 0.25) is 5.91 Å². The van der Waals surface area contributed by atoms with Gasteiger partial charge >= 0.3 is 6.09 Å². The Kier molecular flexibility index (Phi) is 7.17. The fourth-order valence-corrected chi connectivity index (χ4v) is 0.862. The van der Waals surface area contributed by atoms with E-state index in [2.05, 4.69) is 18.5 Å². The van der Waals surface area contributed by atoms with Gasteiger partial charge in [-0.15, -0.1) is 0 Å². The number of likely N-dealkylation sites (N-methyl/N-ethyl adjacent to an activating group) is 1. The van der Waals surface area contributed by atoms with Crippen LogP contribution >= 0.6 is 0 Å². The molecule has 0 aromatic heterocycles. The molecular weight excluding hydrogens is 220 g/mol. The number of nitrogens with zero attached hydrogens (tertiary/aromatic N) is 1. The minimum atomic E-state index is -0.698. The topological polar surface area (TPSA) is 58.6 Å². The van der Waals surface area contributed by atoms with Crippen LogP contribution in [-0.2, 0) is 9.53 Å². The first-order chi connectivity index (χ1) is 8.04. The number of hydrogen-bond donors (Lipinski definition) is 1. The molecule has 1 N–H and O–H groups in total. The minimum Gasteiger partial charge on any atom is -0.410 e. The zero-order valence-electron chi connectivity index (χ0n) is 10.2. The SMILES string of the molecule is C=CC=C(C=C)OC(=O)NCC(=O)N(C)CC. The van der Waals surface area contributed by atoms with Gasteiger partial charge in [0.25, 0.3) is 0 Å². The second-order valence-electron chi connectivity index (χ2n) is 3.16. The lowest BCUT2D eigenvalue weighted by Crippen LogP contribution is -2.38. The lowest BCUT2D eigenvalue weighted by atomic mass is 10.4. The van der Waals surface area contributed by atoms with E-state index in [1.165, 1.54) is 23.1 Å². The molecule has 0 aliphatic heterocycles. The number of amides is 2. The molecule has 0 aliphatic carbocycles. The molecule has 0 saturated heterocycles. The maximum atomic E-state index is 11.4. The summed E-state index contributed by atoms with van der Waals surface area (Å²) >= 11 is 0.